The minimum atomic E-state index is -0.248. The summed E-state index contributed by atoms with van der Waals surface area (Å²) in [5.74, 6) is -0.493. The predicted octanol–water partition coefficient (Wildman–Crippen LogP) is 7.67. The molecule has 0 atom stereocenters. The third-order valence-electron chi connectivity index (χ3n) is 8.91. The number of fused-ring (bicyclic) bond motifs is 2. The number of benzene rings is 4. The summed E-state index contributed by atoms with van der Waals surface area (Å²) < 4.78 is 1.96. The number of aromatic amines is 1. The molecule has 7 nitrogen and oxygen atoms in total. The van der Waals surface area contributed by atoms with Crippen LogP contribution in [-0.2, 0) is 6.54 Å². The number of nitrogens with zero attached hydrogens (tertiary/aromatic N) is 2. The van der Waals surface area contributed by atoms with Crippen molar-refractivity contribution >= 4 is 33.4 Å². The molecular formula is C42H35N3O4. The molecule has 0 amide bonds. The van der Waals surface area contributed by atoms with Crippen molar-refractivity contribution in [1.29, 1.82) is 0 Å². The van der Waals surface area contributed by atoms with E-state index in [-0.39, 0.29) is 33.6 Å². The van der Waals surface area contributed by atoms with E-state index >= 15 is 0 Å². The molecule has 0 aliphatic carbocycles. The molecule has 0 spiro atoms. The minimum Gasteiger partial charge on any atom is -0.360 e. The van der Waals surface area contributed by atoms with Crippen molar-refractivity contribution in [3.05, 3.63) is 192 Å². The third-order valence-corrected chi connectivity index (χ3v) is 8.91. The van der Waals surface area contributed by atoms with E-state index in [0.717, 1.165) is 38.9 Å². The summed E-state index contributed by atoms with van der Waals surface area (Å²) in [4.78, 5) is 58.3. The molecule has 3 heterocycles. The van der Waals surface area contributed by atoms with Crippen LogP contribution in [0.5, 0.6) is 0 Å². The summed E-state index contributed by atoms with van der Waals surface area (Å²) in [6, 6.07) is 29.5. The molecule has 3 aromatic heterocycles. The number of aromatic nitrogens is 3. The number of rotatable bonds is 6. The number of nitrogens with one attached hydrogen (secondary N) is 1. The van der Waals surface area contributed by atoms with Gasteiger partial charge in [-0.25, -0.2) is 0 Å². The molecule has 0 saturated carbocycles. The lowest BCUT2D eigenvalue weighted by atomic mass is 9.99. The van der Waals surface area contributed by atoms with E-state index in [1.54, 1.807) is 48.9 Å². The summed E-state index contributed by atoms with van der Waals surface area (Å²) in [7, 11) is 0. The fraction of sp³-hybridized carbons (Fsp3) is 0.119. The zero-order valence-corrected chi connectivity index (χ0v) is 27.8. The van der Waals surface area contributed by atoms with Crippen LogP contribution < -0.4 is 10.9 Å². The molecule has 0 aliphatic rings. The van der Waals surface area contributed by atoms with Gasteiger partial charge in [-0.05, 0) is 104 Å². The molecule has 4 aromatic carbocycles. The Balaban J connectivity index is 0.000000177. The van der Waals surface area contributed by atoms with E-state index in [1.807, 2.05) is 99.0 Å². The van der Waals surface area contributed by atoms with E-state index in [4.69, 9.17) is 0 Å². The van der Waals surface area contributed by atoms with Crippen molar-refractivity contribution in [2.45, 2.75) is 34.2 Å². The molecular weight excluding hydrogens is 610 g/mol. The molecule has 0 radical (unpaired) electrons. The van der Waals surface area contributed by atoms with Crippen molar-refractivity contribution in [3.63, 3.8) is 0 Å². The molecule has 7 heteroatoms. The maximum Gasteiger partial charge on any atom is 0.200 e. The maximum atomic E-state index is 13.2. The Morgan fingerprint density at radius 1 is 0.633 bits per heavy atom. The highest BCUT2D eigenvalue weighted by Gasteiger charge is 2.18. The molecule has 0 aliphatic heterocycles. The van der Waals surface area contributed by atoms with Crippen molar-refractivity contribution in [2.24, 2.45) is 0 Å². The second kappa shape index (κ2) is 13.9. The van der Waals surface area contributed by atoms with Crippen LogP contribution in [0.15, 0.2) is 131 Å². The van der Waals surface area contributed by atoms with Crippen LogP contribution in [0, 0.1) is 27.7 Å². The number of carbonyl (C=O) groups excluding carboxylic acids is 2. The van der Waals surface area contributed by atoms with Crippen LogP contribution in [0.2, 0.25) is 0 Å². The normalized spacial score (nSPS) is 10.9. The Kier molecular flexibility index (Phi) is 9.27. The fourth-order valence-corrected chi connectivity index (χ4v) is 5.74. The first-order valence-electron chi connectivity index (χ1n) is 16.0. The Morgan fingerprint density at radius 2 is 1.18 bits per heavy atom. The highest BCUT2D eigenvalue weighted by atomic mass is 16.1. The number of carbonyl (C=O) groups is 2. The van der Waals surface area contributed by atoms with Gasteiger partial charge in [0.25, 0.3) is 0 Å². The smallest absolute Gasteiger partial charge is 0.200 e. The third kappa shape index (κ3) is 6.78. The zero-order chi connectivity index (χ0) is 34.7. The first-order chi connectivity index (χ1) is 23.6. The van der Waals surface area contributed by atoms with Crippen molar-refractivity contribution in [2.75, 3.05) is 0 Å². The lowest BCUT2D eigenvalue weighted by Crippen LogP contribution is -2.20. The minimum absolute atomic E-state index is 0.178. The number of hydrogen-bond acceptors (Lipinski definition) is 5. The lowest BCUT2D eigenvalue weighted by Gasteiger charge is -2.13. The van der Waals surface area contributed by atoms with Crippen molar-refractivity contribution in [1.82, 2.24) is 14.5 Å². The predicted molar refractivity (Wildman–Crippen MR) is 195 cm³/mol. The van der Waals surface area contributed by atoms with Crippen LogP contribution in [-0.4, -0.2) is 26.1 Å². The standard InChI is InChI=1S/C24H20N2O2.C18H15NO2/c1-16-7-8-19(13-17(16)2)23(27)21-15-26(14-18-9-11-25-12-10-18)22-6-4-3-5-20(22)24(21)28;1-11-7-8-13(9-12(11)2)17(20)15-10-19-16-6-4-3-5-14(16)18(15)21/h3-13,15H,14H2,1-2H3;3-10H,1-2H3,(H,19,21). The van der Waals surface area contributed by atoms with E-state index in [2.05, 4.69) is 9.97 Å². The molecule has 0 fully saturated rings. The molecule has 0 unspecified atom stereocenters. The molecule has 7 rings (SSSR count). The summed E-state index contributed by atoms with van der Waals surface area (Å²) in [6.07, 6.45) is 6.66. The van der Waals surface area contributed by atoms with Crippen LogP contribution in [0.3, 0.4) is 0 Å². The van der Waals surface area contributed by atoms with Gasteiger partial charge in [-0.2, -0.15) is 0 Å². The first kappa shape index (κ1) is 32.7. The van der Waals surface area contributed by atoms with Gasteiger partial charge in [-0.3, -0.25) is 24.2 Å². The number of hydrogen-bond donors (Lipinski definition) is 1. The summed E-state index contributed by atoms with van der Waals surface area (Å²) >= 11 is 0. The van der Waals surface area contributed by atoms with Gasteiger partial charge >= 0.3 is 0 Å². The Hall–Kier alpha value is -6.21. The lowest BCUT2D eigenvalue weighted by molar-refractivity contribution is 0.102. The number of ketones is 2. The van der Waals surface area contributed by atoms with Crippen LogP contribution >= 0.6 is 0 Å². The molecule has 1 N–H and O–H groups in total. The molecule has 242 valence electrons. The van der Waals surface area contributed by atoms with Gasteiger partial charge in [0.2, 0.25) is 10.9 Å². The van der Waals surface area contributed by atoms with Crippen LogP contribution in [0.1, 0.15) is 59.7 Å². The quantitative estimate of drug-likeness (QED) is 0.187. The number of para-hydroxylation sites is 2. The van der Waals surface area contributed by atoms with Crippen molar-refractivity contribution < 1.29 is 9.59 Å². The molecule has 7 aromatic rings. The Labute approximate surface area is 283 Å². The first-order valence-corrected chi connectivity index (χ1v) is 16.0. The van der Waals surface area contributed by atoms with E-state index in [9.17, 15) is 19.2 Å². The highest BCUT2D eigenvalue weighted by molar-refractivity contribution is 6.11. The Bertz CT molecular complexity index is 2490. The van der Waals surface area contributed by atoms with Crippen molar-refractivity contribution in [3.8, 4) is 0 Å². The summed E-state index contributed by atoms with van der Waals surface area (Å²) in [5, 5.41) is 1.08. The van der Waals surface area contributed by atoms with Crippen LogP contribution in [0.4, 0.5) is 0 Å². The topological polar surface area (TPSA) is 102 Å². The van der Waals surface area contributed by atoms with Gasteiger partial charge < -0.3 is 9.55 Å². The average Bonchev–Trinajstić information content (AvgIpc) is 3.12. The van der Waals surface area contributed by atoms with Gasteiger partial charge in [0.05, 0.1) is 16.6 Å². The summed E-state index contributed by atoms with van der Waals surface area (Å²) in [6.45, 7) is 8.47. The second-order valence-corrected chi connectivity index (χ2v) is 12.2. The highest BCUT2D eigenvalue weighted by Crippen LogP contribution is 2.18. The van der Waals surface area contributed by atoms with E-state index in [0.29, 0.717) is 28.4 Å². The molecule has 0 saturated heterocycles. The monoisotopic (exact) mass is 645 g/mol. The summed E-state index contributed by atoms with van der Waals surface area (Å²) in [5.41, 5.74) is 7.88. The maximum absolute atomic E-state index is 13.2. The number of pyridine rings is 3. The molecule has 49 heavy (non-hydrogen) atoms. The SMILES string of the molecule is Cc1ccc(C(=O)c2c[nH]c3ccccc3c2=O)cc1C.Cc1ccc(C(=O)c2cn(Cc3ccncc3)c3ccccc3c2=O)cc1C. The van der Waals surface area contributed by atoms with Gasteiger partial charge in [-0.1, -0.05) is 48.5 Å². The zero-order valence-electron chi connectivity index (χ0n) is 27.8. The van der Waals surface area contributed by atoms with E-state index in [1.165, 1.54) is 6.20 Å². The van der Waals surface area contributed by atoms with E-state index < -0.39 is 0 Å². The molecule has 0 bridgehead atoms. The number of aryl methyl sites for hydroxylation is 4. The number of H-pyrrole nitrogens is 1. The van der Waals surface area contributed by atoms with Crippen LogP contribution in [0.25, 0.3) is 21.8 Å². The average molecular weight is 646 g/mol. The van der Waals surface area contributed by atoms with Gasteiger partial charge in [-0.15, -0.1) is 0 Å². The second-order valence-electron chi connectivity index (χ2n) is 12.2. The van der Waals surface area contributed by atoms with Gasteiger partial charge in [0.15, 0.2) is 11.6 Å². The van der Waals surface area contributed by atoms with Gasteiger partial charge in [0.1, 0.15) is 0 Å². The van der Waals surface area contributed by atoms with Gasteiger partial charge in [0, 0.05) is 58.7 Å². The largest absolute Gasteiger partial charge is 0.360 e. The Morgan fingerprint density at radius 3 is 1.82 bits per heavy atom. The fourth-order valence-electron chi connectivity index (χ4n) is 5.74.